The zero-order valence-electron chi connectivity index (χ0n) is 9.97. The number of hydrogen-bond donors (Lipinski definition) is 1. The molecule has 0 spiro atoms. The van der Waals surface area contributed by atoms with Crippen molar-refractivity contribution in [1.82, 2.24) is 0 Å². The highest BCUT2D eigenvalue weighted by atomic mass is 16.6. The van der Waals surface area contributed by atoms with E-state index in [9.17, 15) is 10.1 Å². The summed E-state index contributed by atoms with van der Waals surface area (Å²) in [5.74, 6) is 1.24. The molecule has 0 aromatic heterocycles. The maximum atomic E-state index is 10.7. The Balaban J connectivity index is 2.17. The Morgan fingerprint density at radius 1 is 1.53 bits per heavy atom. The van der Waals surface area contributed by atoms with Crippen LogP contribution >= 0.6 is 0 Å². The minimum atomic E-state index is -0.420. The molecule has 17 heavy (non-hydrogen) atoms. The Hall–Kier alpha value is -1.78. The summed E-state index contributed by atoms with van der Waals surface area (Å²) in [5.41, 5.74) is 0.865. The number of benzene rings is 1. The van der Waals surface area contributed by atoms with E-state index in [4.69, 9.17) is 4.74 Å². The van der Waals surface area contributed by atoms with E-state index in [0.29, 0.717) is 11.8 Å². The number of anilines is 1. The van der Waals surface area contributed by atoms with Gasteiger partial charge in [0.2, 0.25) is 0 Å². The second-order valence-electron chi connectivity index (χ2n) is 4.41. The van der Waals surface area contributed by atoms with Crippen molar-refractivity contribution in [3.63, 3.8) is 0 Å². The van der Waals surface area contributed by atoms with E-state index in [1.807, 2.05) is 0 Å². The number of nitro benzene ring substituents is 1. The van der Waals surface area contributed by atoms with Crippen molar-refractivity contribution >= 4 is 11.4 Å². The lowest BCUT2D eigenvalue weighted by Crippen LogP contribution is -2.17. The molecule has 0 saturated heterocycles. The van der Waals surface area contributed by atoms with E-state index in [1.165, 1.54) is 32.1 Å². The van der Waals surface area contributed by atoms with Crippen LogP contribution in [0.3, 0.4) is 0 Å². The van der Waals surface area contributed by atoms with Crippen molar-refractivity contribution in [3.8, 4) is 5.75 Å². The molecule has 1 unspecified atom stereocenters. The topological polar surface area (TPSA) is 64.4 Å². The zero-order valence-corrected chi connectivity index (χ0v) is 9.97. The molecule has 0 aliphatic heterocycles. The zero-order chi connectivity index (χ0) is 12.4. The van der Waals surface area contributed by atoms with Crippen LogP contribution in [0, 0.1) is 16.0 Å². The summed E-state index contributed by atoms with van der Waals surface area (Å²) in [6, 6.07) is 5.02. The molecule has 1 aliphatic rings. The first-order valence-corrected chi connectivity index (χ1v) is 5.71. The van der Waals surface area contributed by atoms with E-state index in [0.717, 1.165) is 11.6 Å². The standard InChI is InChI=1S/C12H16N2O3/c1-8(9-3-4-9)13-11-6-5-10(14(15)16)7-12(11)17-2/h5-9,13H,3-4H2,1-2H3. The van der Waals surface area contributed by atoms with Crippen molar-refractivity contribution < 1.29 is 9.66 Å². The van der Waals surface area contributed by atoms with Crippen LogP contribution in [-0.4, -0.2) is 18.1 Å². The van der Waals surface area contributed by atoms with Gasteiger partial charge in [-0.3, -0.25) is 10.1 Å². The molecule has 0 heterocycles. The SMILES string of the molecule is COc1cc([N+](=O)[O-])ccc1NC(C)C1CC1. The maximum Gasteiger partial charge on any atom is 0.273 e. The van der Waals surface area contributed by atoms with Gasteiger partial charge in [-0.25, -0.2) is 0 Å². The van der Waals surface area contributed by atoms with Gasteiger partial charge >= 0.3 is 0 Å². The molecule has 92 valence electrons. The molecule has 1 atom stereocenters. The summed E-state index contributed by atoms with van der Waals surface area (Å²) in [6.45, 7) is 2.12. The van der Waals surface area contributed by atoms with E-state index >= 15 is 0 Å². The first-order chi connectivity index (χ1) is 8.11. The van der Waals surface area contributed by atoms with Crippen molar-refractivity contribution in [2.24, 2.45) is 5.92 Å². The molecule has 1 fully saturated rings. The number of nitrogens with one attached hydrogen (secondary N) is 1. The van der Waals surface area contributed by atoms with E-state index in [-0.39, 0.29) is 5.69 Å². The summed E-state index contributed by atoms with van der Waals surface area (Å²) < 4.78 is 5.17. The highest BCUT2D eigenvalue weighted by Gasteiger charge is 2.28. The third-order valence-electron chi connectivity index (χ3n) is 3.11. The first kappa shape index (κ1) is 11.7. The monoisotopic (exact) mass is 236 g/mol. The lowest BCUT2D eigenvalue weighted by molar-refractivity contribution is -0.384. The van der Waals surface area contributed by atoms with Gasteiger partial charge in [0.05, 0.1) is 23.8 Å². The molecule has 1 N–H and O–H groups in total. The van der Waals surface area contributed by atoms with Crippen LogP contribution in [0.25, 0.3) is 0 Å². The smallest absolute Gasteiger partial charge is 0.273 e. The average Bonchev–Trinajstić information content (AvgIpc) is 3.13. The van der Waals surface area contributed by atoms with E-state index < -0.39 is 4.92 Å². The molecule has 1 aliphatic carbocycles. The molecule has 0 bridgehead atoms. The van der Waals surface area contributed by atoms with Gasteiger partial charge in [-0.1, -0.05) is 0 Å². The number of nitro groups is 1. The largest absolute Gasteiger partial charge is 0.494 e. The van der Waals surface area contributed by atoms with Crippen LogP contribution in [0.4, 0.5) is 11.4 Å². The Labute approximate surface area is 99.9 Å². The van der Waals surface area contributed by atoms with Crippen LogP contribution in [0.5, 0.6) is 5.75 Å². The fourth-order valence-electron chi connectivity index (χ4n) is 1.87. The molecule has 1 aromatic rings. The predicted octanol–water partition coefficient (Wildman–Crippen LogP) is 2.81. The third-order valence-corrected chi connectivity index (χ3v) is 3.11. The Morgan fingerprint density at radius 3 is 2.76 bits per heavy atom. The fraction of sp³-hybridized carbons (Fsp3) is 0.500. The van der Waals surface area contributed by atoms with Gasteiger partial charge in [-0.15, -0.1) is 0 Å². The quantitative estimate of drug-likeness (QED) is 0.630. The number of ether oxygens (including phenoxy) is 1. The molecular formula is C12H16N2O3. The maximum absolute atomic E-state index is 10.7. The number of methoxy groups -OCH3 is 1. The number of nitrogens with zero attached hydrogens (tertiary/aromatic N) is 1. The van der Waals surface area contributed by atoms with Crippen LogP contribution < -0.4 is 10.1 Å². The summed E-state index contributed by atoms with van der Waals surface area (Å²) in [4.78, 5) is 10.2. The van der Waals surface area contributed by atoms with Gasteiger partial charge in [-0.05, 0) is 31.7 Å². The lowest BCUT2D eigenvalue weighted by atomic mass is 10.2. The Morgan fingerprint density at radius 2 is 2.24 bits per heavy atom. The predicted molar refractivity (Wildman–Crippen MR) is 65.5 cm³/mol. The van der Waals surface area contributed by atoms with Gasteiger partial charge < -0.3 is 10.1 Å². The van der Waals surface area contributed by atoms with Gasteiger partial charge in [-0.2, -0.15) is 0 Å². The van der Waals surface area contributed by atoms with Crippen molar-refractivity contribution in [2.75, 3.05) is 12.4 Å². The molecule has 0 amide bonds. The van der Waals surface area contributed by atoms with Crippen LogP contribution in [0.1, 0.15) is 19.8 Å². The van der Waals surface area contributed by atoms with Crippen LogP contribution in [0.2, 0.25) is 0 Å². The normalized spacial score (nSPS) is 16.4. The number of non-ortho nitro benzene ring substituents is 1. The second-order valence-corrected chi connectivity index (χ2v) is 4.41. The molecule has 1 saturated carbocycles. The Kier molecular flexibility index (Phi) is 3.17. The average molecular weight is 236 g/mol. The van der Waals surface area contributed by atoms with Gasteiger partial charge in [0.1, 0.15) is 5.75 Å². The molecule has 2 rings (SSSR count). The van der Waals surface area contributed by atoms with E-state index in [2.05, 4.69) is 12.2 Å². The van der Waals surface area contributed by atoms with Crippen molar-refractivity contribution in [1.29, 1.82) is 0 Å². The molecule has 0 radical (unpaired) electrons. The highest BCUT2D eigenvalue weighted by molar-refractivity contribution is 5.61. The summed E-state index contributed by atoms with van der Waals surface area (Å²) in [5, 5.41) is 14.0. The summed E-state index contributed by atoms with van der Waals surface area (Å²) in [6.07, 6.45) is 2.51. The van der Waals surface area contributed by atoms with Crippen LogP contribution in [-0.2, 0) is 0 Å². The molecular weight excluding hydrogens is 220 g/mol. The van der Waals surface area contributed by atoms with Gasteiger partial charge in [0.15, 0.2) is 0 Å². The number of rotatable bonds is 5. The first-order valence-electron chi connectivity index (χ1n) is 5.71. The van der Waals surface area contributed by atoms with Gasteiger partial charge in [0.25, 0.3) is 5.69 Å². The molecule has 5 heteroatoms. The highest BCUT2D eigenvalue weighted by Crippen LogP contribution is 2.36. The third kappa shape index (κ3) is 2.67. The molecule has 1 aromatic carbocycles. The van der Waals surface area contributed by atoms with E-state index in [1.54, 1.807) is 6.07 Å². The minimum Gasteiger partial charge on any atom is -0.494 e. The summed E-state index contributed by atoms with van der Waals surface area (Å²) >= 11 is 0. The van der Waals surface area contributed by atoms with Gasteiger partial charge in [0, 0.05) is 12.1 Å². The molecule has 5 nitrogen and oxygen atoms in total. The van der Waals surface area contributed by atoms with Crippen molar-refractivity contribution in [2.45, 2.75) is 25.8 Å². The number of hydrogen-bond acceptors (Lipinski definition) is 4. The Bertz CT molecular complexity index is 430. The summed E-state index contributed by atoms with van der Waals surface area (Å²) in [7, 11) is 1.52. The fourth-order valence-corrected chi connectivity index (χ4v) is 1.87. The minimum absolute atomic E-state index is 0.0477. The second kappa shape index (κ2) is 4.61. The van der Waals surface area contributed by atoms with Crippen LogP contribution in [0.15, 0.2) is 18.2 Å². The lowest BCUT2D eigenvalue weighted by Gasteiger charge is -2.16. The van der Waals surface area contributed by atoms with Crippen molar-refractivity contribution in [3.05, 3.63) is 28.3 Å².